The van der Waals surface area contributed by atoms with Crippen molar-refractivity contribution >= 4 is 16.1 Å². The van der Waals surface area contributed by atoms with Gasteiger partial charge in [-0.05, 0) is 38.9 Å². The van der Waals surface area contributed by atoms with Crippen molar-refractivity contribution in [3.63, 3.8) is 0 Å². The Morgan fingerprint density at radius 3 is 2.14 bits per heavy atom. The van der Waals surface area contributed by atoms with Crippen molar-refractivity contribution in [1.29, 1.82) is 0 Å². The molecule has 0 bridgehead atoms. The molecule has 21 heavy (non-hydrogen) atoms. The van der Waals surface area contributed by atoms with Gasteiger partial charge < -0.3 is 15.5 Å². The summed E-state index contributed by atoms with van der Waals surface area (Å²) in [7, 11) is -4.02. The molecule has 118 valence electrons. The first-order chi connectivity index (χ1) is 9.54. The molecule has 0 spiro atoms. The number of hydrogen-bond acceptors (Lipinski definition) is 5. The molecule has 1 heterocycles. The Morgan fingerprint density at radius 2 is 1.86 bits per heavy atom. The fourth-order valence-corrected chi connectivity index (χ4v) is 2.38. The molecule has 0 saturated carbocycles. The Labute approximate surface area is 123 Å². The summed E-state index contributed by atoms with van der Waals surface area (Å²) in [5, 5.41) is 20.6. The number of aliphatic carboxylic acids is 1. The molecule has 0 aliphatic carbocycles. The number of carbonyl (C=O) groups is 1. The minimum Gasteiger partial charge on any atom is -0.480 e. The van der Waals surface area contributed by atoms with Gasteiger partial charge in [-0.2, -0.15) is 8.42 Å². The van der Waals surface area contributed by atoms with Gasteiger partial charge in [0, 0.05) is 0 Å². The van der Waals surface area contributed by atoms with Crippen molar-refractivity contribution in [2.24, 2.45) is 0 Å². The van der Waals surface area contributed by atoms with Gasteiger partial charge in [-0.15, -0.1) is 0 Å². The van der Waals surface area contributed by atoms with Crippen LogP contribution < -0.4 is 5.32 Å². The lowest BCUT2D eigenvalue weighted by Gasteiger charge is -2.20. The number of benzene rings is 1. The van der Waals surface area contributed by atoms with Gasteiger partial charge in [0.15, 0.2) is 0 Å². The van der Waals surface area contributed by atoms with Crippen LogP contribution in [0.5, 0.6) is 0 Å². The van der Waals surface area contributed by atoms with E-state index in [0.717, 1.165) is 5.56 Å². The van der Waals surface area contributed by atoms with E-state index in [1.165, 1.54) is 19.1 Å². The average Bonchev–Trinajstić information content (AvgIpc) is 2.69. The summed E-state index contributed by atoms with van der Waals surface area (Å²) in [5.74, 6) is -0.984. The molecule has 0 aromatic heterocycles. The maximum atomic E-state index is 10.5. The fourth-order valence-electron chi connectivity index (χ4n) is 1.90. The number of hydrogen-bond donors (Lipinski definition) is 4. The smallest absolute Gasteiger partial charge is 0.323 e. The third kappa shape index (κ3) is 5.09. The van der Waals surface area contributed by atoms with Crippen molar-refractivity contribution < 1.29 is 28.0 Å². The molecule has 0 amide bonds. The largest absolute Gasteiger partial charge is 0.480 e. The van der Waals surface area contributed by atoms with E-state index in [1.54, 1.807) is 12.1 Å². The fraction of sp³-hybridized carbons (Fsp3) is 0.462. The number of aryl methyl sites for hydroxylation is 1. The minimum absolute atomic E-state index is 0.0666. The SMILES string of the molecule is C[C@@]1(O)CCN[C@@H]1C(=O)O.Cc1ccc(S(=O)(=O)O)cc1. The van der Waals surface area contributed by atoms with Gasteiger partial charge >= 0.3 is 5.97 Å². The summed E-state index contributed by atoms with van der Waals surface area (Å²) in [4.78, 5) is 10.3. The second-order valence-electron chi connectivity index (χ2n) is 5.12. The Bertz CT molecular complexity index is 594. The molecular formula is C13H19NO6S. The van der Waals surface area contributed by atoms with Crippen LogP contribution in [0.1, 0.15) is 18.9 Å². The number of nitrogens with one attached hydrogen (secondary N) is 1. The zero-order valence-electron chi connectivity index (χ0n) is 11.8. The zero-order valence-corrected chi connectivity index (χ0v) is 12.6. The number of aliphatic hydroxyl groups is 1. The van der Waals surface area contributed by atoms with Gasteiger partial charge in [0.1, 0.15) is 6.04 Å². The maximum Gasteiger partial charge on any atom is 0.323 e. The van der Waals surface area contributed by atoms with Crippen molar-refractivity contribution in [2.45, 2.75) is 36.8 Å². The van der Waals surface area contributed by atoms with Crippen LogP contribution in [0.2, 0.25) is 0 Å². The quantitative estimate of drug-likeness (QED) is 0.583. The van der Waals surface area contributed by atoms with Gasteiger partial charge in [0.25, 0.3) is 10.1 Å². The van der Waals surface area contributed by atoms with Crippen molar-refractivity contribution in [3.8, 4) is 0 Å². The van der Waals surface area contributed by atoms with Crippen LogP contribution >= 0.6 is 0 Å². The Hall–Kier alpha value is -1.48. The molecule has 8 heteroatoms. The highest BCUT2D eigenvalue weighted by Gasteiger charge is 2.41. The lowest BCUT2D eigenvalue weighted by Crippen LogP contribution is -2.46. The van der Waals surface area contributed by atoms with E-state index >= 15 is 0 Å². The van der Waals surface area contributed by atoms with Crippen molar-refractivity contribution in [3.05, 3.63) is 29.8 Å². The monoisotopic (exact) mass is 317 g/mol. The van der Waals surface area contributed by atoms with E-state index in [0.29, 0.717) is 13.0 Å². The number of rotatable bonds is 2. The zero-order chi connectivity index (χ0) is 16.3. The van der Waals surface area contributed by atoms with E-state index in [9.17, 15) is 18.3 Å². The van der Waals surface area contributed by atoms with E-state index in [2.05, 4.69) is 5.32 Å². The molecule has 7 nitrogen and oxygen atoms in total. The van der Waals surface area contributed by atoms with Crippen LogP contribution in [0.15, 0.2) is 29.2 Å². The molecule has 1 aromatic carbocycles. The summed E-state index contributed by atoms with van der Waals surface area (Å²) >= 11 is 0. The number of carboxylic acid groups (broad SMARTS) is 1. The molecular weight excluding hydrogens is 298 g/mol. The lowest BCUT2D eigenvalue weighted by atomic mass is 9.98. The van der Waals surface area contributed by atoms with Crippen LogP contribution in [0, 0.1) is 6.92 Å². The molecule has 1 saturated heterocycles. The first-order valence-electron chi connectivity index (χ1n) is 6.27. The van der Waals surface area contributed by atoms with Crippen LogP contribution in [0.25, 0.3) is 0 Å². The first kappa shape index (κ1) is 17.6. The summed E-state index contributed by atoms with van der Waals surface area (Å²) in [6.07, 6.45) is 0.504. The molecule has 4 N–H and O–H groups in total. The third-order valence-electron chi connectivity index (χ3n) is 3.17. The topological polar surface area (TPSA) is 124 Å². The molecule has 0 unspecified atom stereocenters. The van der Waals surface area contributed by atoms with Crippen LogP contribution in [-0.2, 0) is 14.9 Å². The van der Waals surface area contributed by atoms with Gasteiger partial charge in [-0.1, -0.05) is 17.7 Å². The molecule has 1 aromatic rings. The maximum absolute atomic E-state index is 10.5. The van der Waals surface area contributed by atoms with Gasteiger partial charge in [0.2, 0.25) is 0 Å². The van der Waals surface area contributed by atoms with Gasteiger partial charge in [-0.3, -0.25) is 9.35 Å². The first-order valence-corrected chi connectivity index (χ1v) is 7.71. The van der Waals surface area contributed by atoms with E-state index in [-0.39, 0.29) is 4.90 Å². The predicted octanol–water partition coefficient (Wildman–Crippen LogP) is 0.426. The second kappa shape index (κ2) is 6.52. The average molecular weight is 317 g/mol. The van der Waals surface area contributed by atoms with Gasteiger partial charge in [-0.25, -0.2) is 0 Å². The summed E-state index contributed by atoms with van der Waals surface area (Å²) < 4.78 is 29.6. The van der Waals surface area contributed by atoms with Crippen LogP contribution in [0.4, 0.5) is 0 Å². The van der Waals surface area contributed by atoms with Crippen molar-refractivity contribution in [2.75, 3.05) is 6.54 Å². The van der Waals surface area contributed by atoms with E-state index < -0.39 is 27.7 Å². The molecule has 0 radical (unpaired) electrons. The summed E-state index contributed by atoms with van der Waals surface area (Å²) in [5.41, 5.74) is -0.122. The third-order valence-corrected chi connectivity index (χ3v) is 4.04. The van der Waals surface area contributed by atoms with Crippen LogP contribution in [0.3, 0.4) is 0 Å². The highest BCUT2D eigenvalue weighted by atomic mass is 32.2. The minimum atomic E-state index is -4.02. The summed E-state index contributed by atoms with van der Waals surface area (Å²) in [6, 6.07) is 5.19. The standard InChI is InChI=1S/C7H8O3S.C6H11NO3/c1-6-2-4-7(5-3-6)11(8,9)10;1-6(10)2-3-7-4(6)5(8)9/h2-5H,1H3,(H,8,9,10);4,7,10H,2-3H2,1H3,(H,8,9)/t;4-,6-/m.1/s1. The molecule has 1 aliphatic rings. The van der Waals surface area contributed by atoms with E-state index in [4.69, 9.17) is 9.66 Å². The molecule has 1 aliphatic heterocycles. The van der Waals surface area contributed by atoms with Crippen molar-refractivity contribution in [1.82, 2.24) is 5.32 Å². The van der Waals surface area contributed by atoms with E-state index in [1.807, 2.05) is 6.92 Å². The molecule has 2 rings (SSSR count). The normalized spacial score (nSPS) is 25.0. The lowest BCUT2D eigenvalue weighted by molar-refractivity contribution is -0.144. The predicted molar refractivity (Wildman–Crippen MR) is 75.7 cm³/mol. The molecule has 2 atom stereocenters. The summed E-state index contributed by atoms with van der Waals surface area (Å²) in [6.45, 7) is 3.95. The van der Waals surface area contributed by atoms with Gasteiger partial charge in [0.05, 0.1) is 10.5 Å². The Kier molecular flexibility index (Phi) is 5.46. The Balaban J connectivity index is 0.000000211. The highest BCUT2D eigenvalue weighted by Crippen LogP contribution is 2.19. The molecule has 1 fully saturated rings. The number of carboxylic acids is 1. The van der Waals surface area contributed by atoms with Crippen LogP contribution in [-0.4, -0.2) is 47.3 Å². The Morgan fingerprint density at radius 1 is 1.33 bits per heavy atom. The second-order valence-corrected chi connectivity index (χ2v) is 6.54. The highest BCUT2D eigenvalue weighted by molar-refractivity contribution is 7.85.